The first kappa shape index (κ1) is 18.7. The molecule has 0 aliphatic carbocycles. The Morgan fingerprint density at radius 3 is 2.52 bits per heavy atom. The van der Waals surface area contributed by atoms with Gasteiger partial charge in [-0.25, -0.2) is 0 Å². The molecule has 3 aromatic rings. The minimum Gasteiger partial charge on any atom is -0.467 e. The molecule has 1 aromatic heterocycles. The molecule has 1 heterocycles. The molecule has 0 fully saturated rings. The van der Waals surface area contributed by atoms with Gasteiger partial charge < -0.3 is 20.4 Å². The van der Waals surface area contributed by atoms with Crippen molar-refractivity contribution in [1.29, 1.82) is 0 Å². The normalized spacial score (nSPS) is 10.3. The molecule has 7 heteroatoms. The Morgan fingerprint density at radius 2 is 1.78 bits per heavy atom. The van der Waals surface area contributed by atoms with Gasteiger partial charge >= 0.3 is 0 Å². The van der Waals surface area contributed by atoms with Crippen molar-refractivity contribution in [3.8, 4) is 0 Å². The van der Waals surface area contributed by atoms with Crippen molar-refractivity contribution in [2.45, 2.75) is 6.54 Å². The van der Waals surface area contributed by atoms with Crippen molar-refractivity contribution in [2.75, 3.05) is 17.2 Å². The van der Waals surface area contributed by atoms with E-state index in [0.717, 1.165) is 10.2 Å². The van der Waals surface area contributed by atoms with Gasteiger partial charge in [0.05, 0.1) is 19.4 Å². The molecular weight excluding hydrogens is 410 g/mol. The molecule has 2 amide bonds. The molecule has 3 rings (SSSR count). The van der Waals surface area contributed by atoms with E-state index < -0.39 is 0 Å². The van der Waals surface area contributed by atoms with Gasteiger partial charge in [0.2, 0.25) is 5.91 Å². The number of hydrogen-bond donors (Lipinski definition) is 3. The number of nitrogens with one attached hydrogen (secondary N) is 3. The maximum absolute atomic E-state index is 12.2. The second-order valence-corrected chi connectivity index (χ2v) is 6.67. The van der Waals surface area contributed by atoms with Crippen LogP contribution in [-0.4, -0.2) is 18.4 Å². The summed E-state index contributed by atoms with van der Waals surface area (Å²) in [5.74, 6) is 0.293. The van der Waals surface area contributed by atoms with E-state index in [2.05, 4.69) is 31.9 Å². The maximum Gasteiger partial charge on any atom is 0.251 e. The molecule has 0 atom stereocenters. The Labute approximate surface area is 165 Å². The smallest absolute Gasteiger partial charge is 0.251 e. The molecular formula is C20H18BrN3O3. The van der Waals surface area contributed by atoms with Gasteiger partial charge in [-0.2, -0.15) is 0 Å². The second-order valence-electron chi connectivity index (χ2n) is 5.75. The lowest BCUT2D eigenvalue weighted by atomic mass is 10.2. The highest BCUT2D eigenvalue weighted by molar-refractivity contribution is 9.10. The number of amides is 2. The third-order valence-corrected chi connectivity index (χ3v) is 4.24. The predicted molar refractivity (Wildman–Crippen MR) is 108 cm³/mol. The van der Waals surface area contributed by atoms with Gasteiger partial charge in [0, 0.05) is 21.4 Å². The van der Waals surface area contributed by atoms with E-state index in [4.69, 9.17) is 4.42 Å². The van der Waals surface area contributed by atoms with Crippen LogP contribution in [0.15, 0.2) is 75.8 Å². The highest BCUT2D eigenvalue weighted by Crippen LogP contribution is 2.14. The molecule has 0 saturated heterocycles. The van der Waals surface area contributed by atoms with Crippen LogP contribution in [0.3, 0.4) is 0 Å². The Bertz CT molecular complexity index is 908. The van der Waals surface area contributed by atoms with Gasteiger partial charge in [0.25, 0.3) is 5.91 Å². The third kappa shape index (κ3) is 5.72. The zero-order valence-electron chi connectivity index (χ0n) is 14.4. The molecule has 138 valence electrons. The summed E-state index contributed by atoms with van der Waals surface area (Å²) in [6.07, 6.45) is 1.56. The average Bonchev–Trinajstić information content (AvgIpc) is 3.20. The standard InChI is InChI=1S/C20H18BrN3O3/c21-15-6-8-16(9-7-15)24-19(25)13-22-17-4-1-3-14(11-17)20(26)23-12-18-5-2-10-27-18/h1-11,22H,12-13H2,(H,23,26)(H,24,25). The molecule has 0 aliphatic heterocycles. The zero-order valence-corrected chi connectivity index (χ0v) is 16.0. The second kappa shape index (κ2) is 9.05. The fourth-order valence-electron chi connectivity index (χ4n) is 2.37. The van der Waals surface area contributed by atoms with Crippen LogP contribution in [0.4, 0.5) is 11.4 Å². The lowest BCUT2D eigenvalue weighted by Gasteiger charge is -2.09. The highest BCUT2D eigenvalue weighted by Gasteiger charge is 2.08. The van der Waals surface area contributed by atoms with Gasteiger partial charge in [-0.15, -0.1) is 0 Å². The molecule has 0 bridgehead atoms. The fourth-order valence-corrected chi connectivity index (χ4v) is 2.64. The molecule has 0 radical (unpaired) electrons. The molecule has 27 heavy (non-hydrogen) atoms. The highest BCUT2D eigenvalue weighted by atomic mass is 79.9. The maximum atomic E-state index is 12.2. The van der Waals surface area contributed by atoms with E-state index in [0.29, 0.717) is 23.6 Å². The molecule has 3 N–H and O–H groups in total. The van der Waals surface area contributed by atoms with Gasteiger partial charge in [0.1, 0.15) is 5.76 Å². The van der Waals surface area contributed by atoms with E-state index >= 15 is 0 Å². The van der Waals surface area contributed by atoms with Crippen LogP contribution in [-0.2, 0) is 11.3 Å². The minimum atomic E-state index is -0.214. The topological polar surface area (TPSA) is 83.4 Å². The molecule has 0 spiro atoms. The number of benzene rings is 2. The fraction of sp³-hybridized carbons (Fsp3) is 0.100. The Hall–Kier alpha value is -3.06. The van der Waals surface area contributed by atoms with E-state index in [-0.39, 0.29) is 18.4 Å². The summed E-state index contributed by atoms with van der Waals surface area (Å²) in [7, 11) is 0. The summed E-state index contributed by atoms with van der Waals surface area (Å²) < 4.78 is 6.13. The van der Waals surface area contributed by atoms with Gasteiger partial charge in [-0.1, -0.05) is 22.0 Å². The van der Waals surface area contributed by atoms with Gasteiger partial charge in [0.15, 0.2) is 0 Å². The number of carbonyl (C=O) groups is 2. The van der Waals surface area contributed by atoms with Crippen LogP contribution in [0.5, 0.6) is 0 Å². The van der Waals surface area contributed by atoms with Crippen molar-refractivity contribution in [1.82, 2.24) is 5.32 Å². The van der Waals surface area contributed by atoms with E-state index in [1.807, 2.05) is 24.3 Å². The number of anilines is 2. The molecule has 0 aliphatic rings. The van der Waals surface area contributed by atoms with Gasteiger partial charge in [-0.3, -0.25) is 9.59 Å². The molecule has 0 unspecified atom stereocenters. The summed E-state index contributed by atoms with van der Waals surface area (Å²) in [6, 6.07) is 17.9. The number of hydrogen-bond acceptors (Lipinski definition) is 4. The summed E-state index contributed by atoms with van der Waals surface area (Å²) in [5.41, 5.74) is 1.91. The van der Waals surface area contributed by atoms with Crippen molar-refractivity contribution in [3.05, 3.63) is 82.7 Å². The third-order valence-electron chi connectivity index (χ3n) is 3.71. The summed E-state index contributed by atoms with van der Waals surface area (Å²) in [6.45, 7) is 0.409. The average molecular weight is 428 g/mol. The van der Waals surface area contributed by atoms with E-state index in [1.54, 1.807) is 42.7 Å². The van der Waals surface area contributed by atoms with Crippen molar-refractivity contribution in [3.63, 3.8) is 0 Å². The number of rotatable bonds is 7. The molecule has 2 aromatic carbocycles. The first-order valence-electron chi connectivity index (χ1n) is 8.30. The van der Waals surface area contributed by atoms with Crippen molar-refractivity contribution in [2.24, 2.45) is 0 Å². The Kier molecular flexibility index (Phi) is 6.27. The number of halogens is 1. The first-order valence-corrected chi connectivity index (χ1v) is 9.09. The summed E-state index contributed by atoms with van der Waals surface area (Å²) in [5, 5.41) is 8.61. The lowest BCUT2D eigenvalue weighted by Crippen LogP contribution is -2.23. The predicted octanol–water partition coefficient (Wildman–Crippen LogP) is 4.02. The quantitative estimate of drug-likeness (QED) is 0.531. The SMILES string of the molecule is O=C(CNc1cccc(C(=O)NCc2ccco2)c1)Nc1ccc(Br)cc1. The Balaban J connectivity index is 1.51. The first-order chi connectivity index (χ1) is 13.1. The van der Waals surface area contributed by atoms with Gasteiger partial charge in [-0.05, 0) is 54.6 Å². The molecule has 0 saturated carbocycles. The van der Waals surface area contributed by atoms with Crippen LogP contribution < -0.4 is 16.0 Å². The van der Waals surface area contributed by atoms with E-state index in [9.17, 15) is 9.59 Å². The van der Waals surface area contributed by atoms with Crippen molar-refractivity contribution < 1.29 is 14.0 Å². The van der Waals surface area contributed by atoms with Crippen LogP contribution in [0.1, 0.15) is 16.1 Å². The molecule has 6 nitrogen and oxygen atoms in total. The van der Waals surface area contributed by atoms with E-state index in [1.165, 1.54) is 0 Å². The van der Waals surface area contributed by atoms with Crippen LogP contribution in [0.25, 0.3) is 0 Å². The number of carbonyl (C=O) groups excluding carboxylic acids is 2. The monoisotopic (exact) mass is 427 g/mol. The number of furan rings is 1. The zero-order chi connectivity index (χ0) is 19.1. The largest absolute Gasteiger partial charge is 0.467 e. The summed E-state index contributed by atoms with van der Waals surface area (Å²) >= 11 is 3.35. The van der Waals surface area contributed by atoms with Crippen LogP contribution in [0.2, 0.25) is 0 Å². The summed E-state index contributed by atoms with van der Waals surface area (Å²) in [4.78, 5) is 24.3. The van der Waals surface area contributed by atoms with Crippen LogP contribution in [0, 0.1) is 0 Å². The Morgan fingerprint density at radius 1 is 0.963 bits per heavy atom. The van der Waals surface area contributed by atoms with Crippen molar-refractivity contribution >= 4 is 39.1 Å². The van der Waals surface area contributed by atoms with Crippen LogP contribution >= 0.6 is 15.9 Å². The lowest BCUT2D eigenvalue weighted by molar-refractivity contribution is -0.114. The minimum absolute atomic E-state index is 0.0908.